The van der Waals surface area contributed by atoms with Crippen molar-refractivity contribution in [1.82, 2.24) is 20.6 Å². The summed E-state index contributed by atoms with van der Waals surface area (Å²) in [5.74, 6) is -1.92. The maximum Gasteiger partial charge on any atom is 0.326 e. The van der Waals surface area contributed by atoms with Gasteiger partial charge in [-0.05, 0) is 58.5 Å². The SMILES string of the molecule is CC(C)CC(S)C(=O)NC(Cc1ccc(-c2cccs2)nc1)C(=O)NC(Cc1ccc(-c2cccs2)nc1)C(=O)O. The molecule has 3 N–H and O–H groups in total. The summed E-state index contributed by atoms with van der Waals surface area (Å²) in [7, 11) is 0. The summed E-state index contributed by atoms with van der Waals surface area (Å²) in [6, 6.07) is 13.0. The van der Waals surface area contributed by atoms with E-state index in [-0.39, 0.29) is 24.7 Å². The van der Waals surface area contributed by atoms with Gasteiger partial charge in [-0.25, -0.2) is 4.79 Å². The first-order chi connectivity index (χ1) is 19.7. The molecule has 4 heterocycles. The topological polar surface area (TPSA) is 121 Å². The number of thiol groups is 1. The van der Waals surface area contributed by atoms with Gasteiger partial charge in [0.05, 0.1) is 26.4 Å². The number of hydrogen-bond donors (Lipinski definition) is 4. The molecular weight excluding hydrogens is 577 g/mol. The number of amides is 2. The molecule has 41 heavy (non-hydrogen) atoms. The number of carboxylic acids is 1. The average molecular weight is 609 g/mol. The van der Waals surface area contributed by atoms with Gasteiger partial charge in [0, 0.05) is 25.2 Å². The third-order valence-electron chi connectivity index (χ3n) is 6.32. The van der Waals surface area contributed by atoms with E-state index in [1.54, 1.807) is 35.1 Å². The summed E-state index contributed by atoms with van der Waals surface area (Å²) >= 11 is 7.57. The van der Waals surface area contributed by atoms with Crippen LogP contribution in [-0.2, 0) is 27.2 Å². The molecule has 3 atom stereocenters. The molecule has 0 aliphatic heterocycles. The van der Waals surface area contributed by atoms with Gasteiger partial charge in [-0.1, -0.05) is 38.1 Å². The van der Waals surface area contributed by atoms with Gasteiger partial charge in [-0.2, -0.15) is 12.6 Å². The standard InChI is InChI=1S/C30H32N4O4S3/c1-18(2)13-25(39)29(36)33-23(14-19-7-9-21(31-16-19)26-5-3-11-40-26)28(35)34-24(30(37)38)15-20-8-10-22(32-17-20)27-6-4-12-41-27/h3-12,16-18,23-25,39H,13-15H2,1-2H3,(H,33,36)(H,34,35)(H,37,38). The predicted molar refractivity (Wildman–Crippen MR) is 166 cm³/mol. The number of nitrogens with one attached hydrogen (secondary N) is 2. The Morgan fingerprint density at radius 1 is 0.805 bits per heavy atom. The first-order valence-electron chi connectivity index (χ1n) is 13.2. The van der Waals surface area contributed by atoms with Gasteiger partial charge in [0.15, 0.2) is 0 Å². The van der Waals surface area contributed by atoms with E-state index in [4.69, 9.17) is 0 Å². The van der Waals surface area contributed by atoms with Crippen molar-refractivity contribution < 1.29 is 19.5 Å². The second-order valence-electron chi connectivity index (χ2n) is 10.1. The first-order valence-corrected chi connectivity index (χ1v) is 15.5. The zero-order chi connectivity index (χ0) is 29.4. The Morgan fingerprint density at radius 2 is 1.32 bits per heavy atom. The first kappa shape index (κ1) is 30.4. The normalized spacial score (nSPS) is 13.4. The van der Waals surface area contributed by atoms with Gasteiger partial charge >= 0.3 is 5.97 Å². The third-order valence-corrected chi connectivity index (χ3v) is 8.55. The van der Waals surface area contributed by atoms with E-state index >= 15 is 0 Å². The van der Waals surface area contributed by atoms with Crippen LogP contribution < -0.4 is 10.6 Å². The van der Waals surface area contributed by atoms with Crippen molar-refractivity contribution in [3.63, 3.8) is 0 Å². The van der Waals surface area contributed by atoms with E-state index in [9.17, 15) is 19.5 Å². The van der Waals surface area contributed by atoms with Crippen LogP contribution in [0.4, 0.5) is 0 Å². The molecule has 0 radical (unpaired) electrons. The van der Waals surface area contributed by atoms with Crippen LogP contribution in [0.1, 0.15) is 31.4 Å². The van der Waals surface area contributed by atoms with Crippen molar-refractivity contribution >= 4 is 53.1 Å². The number of thiophene rings is 2. The number of aromatic nitrogens is 2. The highest BCUT2D eigenvalue weighted by molar-refractivity contribution is 7.81. The highest BCUT2D eigenvalue weighted by Gasteiger charge is 2.29. The minimum absolute atomic E-state index is 0.0407. The smallest absolute Gasteiger partial charge is 0.326 e. The fraction of sp³-hybridized carbons (Fsp3) is 0.300. The molecule has 0 saturated heterocycles. The van der Waals surface area contributed by atoms with E-state index in [1.807, 2.05) is 73.1 Å². The highest BCUT2D eigenvalue weighted by atomic mass is 32.1. The van der Waals surface area contributed by atoms with Crippen LogP contribution in [0.3, 0.4) is 0 Å². The summed E-state index contributed by atoms with van der Waals surface area (Å²) in [5.41, 5.74) is 3.00. The van der Waals surface area contributed by atoms with Crippen LogP contribution in [0.15, 0.2) is 71.7 Å². The van der Waals surface area contributed by atoms with Gasteiger partial charge < -0.3 is 15.7 Å². The maximum atomic E-state index is 13.4. The Hall–Kier alpha value is -3.54. The minimum Gasteiger partial charge on any atom is -0.480 e. The maximum absolute atomic E-state index is 13.4. The largest absolute Gasteiger partial charge is 0.480 e. The molecule has 11 heteroatoms. The molecule has 0 aromatic carbocycles. The second-order valence-corrected chi connectivity index (χ2v) is 12.6. The Balaban J connectivity index is 1.48. The lowest BCUT2D eigenvalue weighted by Gasteiger charge is -2.23. The molecule has 0 spiro atoms. The van der Waals surface area contributed by atoms with Gasteiger partial charge in [-0.15, -0.1) is 22.7 Å². The van der Waals surface area contributed by atoms with E-state index < -0.39 is 29.2 Å². The van der Waals surface area contributed by atoms with E-state index in [2.05, 4.69) is 33.2 Å². The van der Waals surface area contributed by atoms with E-state index in [0.29, 0.717) is 12.0 Å². The number of carbonyl (C=O) groups is 3. The highest BCUT2D eigenvalue weighted by Crippen LogP contribution is 2.24. The number of hydrogen-bond acceptors (Lipinski definition) is 8. The lowest BCUT2D eigenvalue weighted by atomic mass is 10.0. The third kappa shape index (κ3) is 8.72. The van der Waals surface area contributed by atoms with E-state index in [1.165, 1.54) is 0 Å². The molecule has 0 fully saturated rings. The van der Waals surface area contributed by atoms with Crippen LogP contribution in [-0.4, -0.2) is 50.2 Å². The van der Waals surface area contributed by atoms with Crippen LogP contribution in [0.2, 0.25) is 0 Å². The molecule has 2 amide bonds. The van der Waals surface area contributed by atoms with Crippen molar-refractivity contribution in [2.45, 2.75) is 50.4 Å². The van der Waals surface area contributed by atoms with Gasteiger partial charge in [0.2, 0.25) is 11.8 Å². The zero-order valence-corrected chi connectivity index (χ0v) is 25.2. The number of nitrogens with zero attached hydrogens (tertiary/aromatic N) is 2. The summed E-state index contributed by atoms with van der Waals surface area (Å²) in [6.45, 7) is 3.97. The van der Waals surface area contributed by atoms with Crippen molar-refractivity contribution in [1.29, 1.82) is 0 Å². The summed E-state index contributed by atoms with van der Waals surface area (Å²) in [5, 5.41) is 18.6. The number of pyridine rings is 2. The molecule has 214 valence electrons. The fourth-order valence-electron chi connectivity index (χ4n) is 4.21. The van der Waals surface area contributed by atoms with Crippen molar-refractivity contribution in [3.8, 4) is 21.1 Å². The minimum atomic E-state index is -1.21. The molecule has 4 rings (SSSR count). The van der Waals surface area contributed by atoms with Crippen LogP contribution in [0.5, 0.6) is 0 Å². The number of carboxylic acid groups (broad SMARTS) is 1. The number of rotatable bonds is 13. The molecule has 3 unspecified atom stereocenters. The van der Waals surface area contributed by atoms with Crippen molar-refractivity contribution in [2.24, 2.45) is 5.92 Å². The number of aliphatic carboxylic acids is 1. The summed E-state index contributed by atoms with van der Waals surface area (Å²) in [4.78, 5) is 49.5. The molecule has 0 saturated carbocycles. The average Bonchev–Trinajstić information content (AvgIpc) is 3.68. The second kappa shape index (κ2) is 14.4. The molecule has 4 aromatic rings. The van der Waals surface area contributed by atoms with Gasteiger partial charge in [0.1, 0.15) is 12.1 Å². The van der Waals surface area contributed by atoms with Crippen molar-refractivity contribution in [2.75, 3.05) is 0 Å². The van der Waals surface area contributed by atoms with Crippen LogP contribution in [0.25, 0.3) is 21.1 Å². The van der Waals surface area contributed by atoms with Crippen LogP contribution >= 0.6 is 35.3 Å². The molecule has 0 bridgehead atoms. The predicted octanol–water partition coefficient (Wildman–Crippen LogP) is 5.12. The Morgan fingerprint density at radius 3 is 1.73 bits per heavy atom. The lowest BCUT2D eigenvalue weighted by Crippen LogP contribution is -2.54. The Labute approximate surface area is 252 Å². The summed E-state index contributed by atoms with van der Waals surface area (Å²) < 4.78 is 0. The molecule has 0 aliphatic rings. The zero-order valence-electron chi connectivity index (χ0n) is 22.7. The molecule has 0 aliphatic carbocycles. The fourth-order valence-corrected chi connectivity index (χ4v) is 6.11. The number of carbonyl (C=O) groups excluding carboxylic acids is 2. The molecule has 8 nitrogen and oxygen atoms in total. The van der Waals surface area contributed by atoms with Gasteiger partial charge in [-0.3, -0.25) is 19.6 Å². The lowest BCUT2D eigenvalue weighted by molar-refractivity contribution is -0.142. The Bertz CT molecular complexity index is 1420. The van der Waals surface area contributed by atoms with Gasteiger partial charge in [0.25, 0.3) is 0 Å². The van der Waals surface area contributed by atoms with Crippen molar-refractivity contribution in [3.05, 3.63) is 82.8 Å². The Kier molecular flexibility index (Phi) is 10.7. The molecular formula is C30H32N4O4S3. The quantitative estimate of drug-likeness (QED) is 0.157. The summed E-state index contributed by atoms with van der Waals surface area (Å²) in [6.07, 6.45) is 4.00. The monoisotopic (exact) mass is 608 g/mol. The van der Waals surface area contributed by atoms with E-state index in [0.717, 1.165) is 26.7 Å². The van der Waals surface area contributed by atoms with Crippen LogP contribution in [0, 0.1) is 5.92 Å². The molecule has 4 aromatic heterocycles.